The third kappa shape index (κ3) is 4.20. The Hall–Kier alpha value is -3.05. The zero-order valence-corrected chi connectivity index (χ0v) is 23.1. The Morgan fingerprint density at radius 1 is 0.950 bits per heavy atom. The van der Waals surface area contributed by atoms with Gasteiger partial charge in [0, 0.05) is 46.3 Å². The van der Waals surface area contributed by atoms with Gasteiger partial charge >= 0.3 is 0 Å². The maximum atomic E-state index is 14.6. The number of aliphatic hydroxyl groups excluding tert-OH is 1. The highest BCUT2D eigenvalue weighted by Crippen LogP contribution is 2.58. The van der Waals surface area contributed by atoms with Crippen LogP contribution in [0.1, 0.15) is 18.5 Å². The fraction of sp³-hybridized carbons (Fsp3) is 0.567. The van der Waals surface area contributed by atoms with Crippen LogP contribution in [0.5, 0.6) is 0 Å². The maximum Gasteiger partial charge on any atom is 0.249 e. The summed E-state index contributed by atoms with van der Waals surface area (Å²) in [4.78, 5) is 50.0. The van der Waals surface area contributed by atoms with Crippen LogP contribution in [0.15, 0.2) is 54.6 Å². The molecule has 3 amide bonds. The van der Waals surface area contributed by atoms with E-state index in [-0.39, 0.29) is 24.3 Å². The number of amides is 3. The van der Waals surface area contributed by atoms with Crippen molar-refractivity contribution in [2.75, 3.05) is 66.1 Å². The molecule has 0 radical (unpaired) electrons. The minimum Gasteiger partial charge on any atom is -0.394 e. The molecule has 5 heterocycles. The highest BCUT2D eigenvalue weighted by atomic mass is 16.5. The summed E-state index contributed by atoms with van der Waals surface area (Å²) in [6, 6.07) is 7.47. The van der Waals surface area contributed by atoms with E-state index in [1.54, 1.807) is 16.8 Å². The van der Waals surface area contributed by atoms with Crippen LogP contribution in [0.25, 0.3) is 0 Å². The second-order valence-corrected chi connectivity index (χ2v) is 11.6. The molecule has 1 unspecified atom stereocenters. The van der Waals surface area contributed by atoms with Gasteiger partial charge in [-0.3, -0.25) is 19.3 Å². The molecule has 5 aliphatic heterocycles. The molecule has 1 spiro atoms. The minimum atomic E-state index is -1.35. The van der Waals surface area contributed by atoms with Crippen LogP contribution in [0.2, 0.25) is 0 Å². The second-order valence-electron chi connectivity index (χ2n) is 11.6. The number of carbonyl (C=O) groups excluding carboxylic acids is 3. The number of rotatable bonds is 6. The van der Waals surface area contributed by atoms with Gasteiger partial charge in [-0.25, -0.2) is 0 Å². The Labute approximate surface area is 234 Å². The van der Waals surface area contributed by atoms with Crippen LogP contribution in [-0.4, -0.2) is 126 Å². The van der Waals surface area contributed by atoms with E-state index in [2.05, 4.69) is 4.90 Å². The molecule has 3 fully saturated rings. The van der Waals surface area contributed by atoms with Crippen molar-refractivity contribution in [1.29, 1.82) is 0 Å². The number of likely N-dealkylation sites (N-methyl/N-ethyl adjacent to an activating group) is 1. The monoisotopic (exact) mass is 550 g/mol. The molecule has 0 saturated carbocycles. The first kappa shape index (κ1) is 27.1. The smallest absolute Gasteiger partial charge is 0.249 e. The second kappa shape index (κ2) is 10.4. The topological polar surface area (TPSA) is 103 Å². The SMILES string of the molecule is CN1CC=C[C@@]2(C)O[C@]34C=CCN(CCN5CCOCC5)C(=O)C3N([C@H](CO)c3ccccc3)C(=O)[C@@H]4[C@H]2C1=O. The van der Waals surface area contributed by atoms with Crippen LogP contribution in [0, 0.1) is 11.8 Å². The molecule has 1 aromatic rings. The van der Waals surface area contributed by atoms with Crippen LogP contribution < -0.4 is 0 Å². The number of likely N-dealkylation sites (tertiary alicyclic amines) is 1. The highest BCUT2D eigenvalue weighted by Gasteiger charge is 2.75. The fourth-order valence-corrected chi connectivity index (χ4v) is 7.28. The largest absolute Gasteiger partial charge is 0.394 e. The Morgan fingerprint density at radius 2 is 1.68 bits per heavy atom. The number of benzene rings is 1. The van der Waals surface area contributed by atoms with Gasteiger partial charge in [-0.2, -0.15) is 0 Å². The average molecular weight is 551 g/mol. The van der Waals surface area contributed by atoms with Crippen molar-refractivity contribution < 1.29 is 29.0 Å². The lowest BCUT2D eigenvalue weighted by Crippen LogP contribution is -2.57. The number of nitrogens with zero attached hydrogens (tertiary/aromatic N) is 4. The third-order valence-corrected chi connectivity index (χ3v) is 9.26. The predicted octanol–water partition coefficient (Wildman–Crippen LogP) is 0.450. The Kier molecular flexibility index (Phi) is 7.06. The van der Waals surface area contributed by atoms with Crippen LogP contribution in [-0.2, 0) is 23.9 Å². The Bertz CT molecular complexity index is 1220. The zero-order chi connectivity index (χ0) is 28.1. The van der Waals surface area contributed by atoms with Crippen molar-refractivity contribution in [2.24, 2.45) is 11.8 Å². The summed E-state index contributed by atoms with van der Waals surface area (Å²) < 4.78 is 12.3. The molecule has 6 rings (SSSR count). The summed E-state index contributed by atoms with van der Waals surface area (Å²) >= 11 is 0. The number of hydrogen-bond acceptors (Lipinski definition) is 7. The van der Waals surface area contributed by atoms with Crippen molar-refractivity contribution in [3.63, 3.8) is 0 Å². The summed E-state index contributed by atoms with van der Waals surface area (Å²) in [6.45, 7) is 6.40. The van der Waals surface area contributed by atoms with E-state index in [1.165, 1.54) is 4.90 Å². The van der Waals surface area contributed by atoms with Gasteiger partial charge in [-0.1, -0.05) is 54.6 Å². The van der Waals surface area contributed by atoms with E-state index in [0.717, 1.165) is 18.7 Å². The average Bonchev–Trinajstić information content (AvgIpc) is 3.24. The van der Waals surface area contributed by atoms with Gasteiger partial charge in [-0.05, 0) is 12.5 Å². The molecule has 1 aromatic carbocycles. The molecule has 10 heteroatoms. The maximum absolute atomic E-state index is 14.6. The lowest BCUT2D eigenvalue weighted by molar-refractivity contribution is -0.155. The lowest BCUT2D eigenvalue weighted by atomic mass is 9.74. The fourth-order valence-electron chi connectivity index (χ4n) is 7.28. The number of ether oxygens (including phenoxy) is 2. The molecule has 40 heavy (non-hydrogen) atoms. The highest BCUT2D eigenvalue weighted by molar-refractivity contribution is 6.00. The zero-order valence-electron chi connectivity index (χ0n) is 23.1. The standard InChI is InChI=1S/C30H38N4O6/c1-29-10-6-12-31(2)26(36)23(29)24-27(37)34(22(20-35)21-8-4-3-5-9-21)25-28(38)33(13-7-11-30(24,25)40-29)15-14-32-16-18-39-19-17-32/h3-11,22-25,35H,12-20H2,1-2H3/t22-,23+,24+,25?,29-,30+/m1/s1. The molecule has 1 N–H and O–H groups in total. The number of morpholine rings is 1. The van der Waals surface area contributed by atoms with Gasteiger partial charge in [0.2, 0.25) is 17.7 Å². The summed E-state index contributed by atoms with van der Waals surface area (Å²) in [6.07, 6.45) is 7.53. The Balaban J connectivity index is 1.43. The summed E-state index contributed by atoms with van der Waals surface area (Å²) in [7, 11) is 1.72. The lowest BCUT2D eigenvalue weighted by Gasteiger charge is -2.40. The first-order valence-electron chi connectivity index (χ1n) is 14.2. The molecule has 214 valence electrons. The number of fused-ring (bicyclic) bond motifs is 2. The molecular formula is C30H38N4O6. The molecule has 0 aliphatic carbocycles. The number of aliphatic hydroxyl groups is 1. The molecule has 0 bridgehead atoms. The number of carbonyl (C=O) groups is 3. The van der Waals surface area contributed by atoms with Crippen molar-refractivity contribution in [1.82, 2.24) is 19.6 Å². The predicted molar refractivity (Wildman–Crippen MR) is 146 cm³/mol. The minimum absolute atomic E-state index is 0.183. The molecular weight excluding hydrogens is 512 g/mol. The van der Waals surface area contributed by atoms with Gasteiger partial charge in [0.15, 0.2) is 0 Å². The first-order valence-corrected chi connectivity index (χ1v) is 14.2. The van der Waals surface area contributed by atoms with Crippen molar-refractivity contribution in [3.8, 4) is 0 Å². The van der Waals surface area contributed by atoms with Crippen molar-refractivity contribution in [3.05, 3.63) is 60.2 Å². The van der Waals surface area contributed by atoms with Gasteiger partial charge in [-0.15, -0.1) is 0 Å². The van der Waals surface area contributed by atoms with Gasteiger partial charge in [0.25, 0.3) is 0 Å². The molecule has 10 nitrogen and oxygen atoms in total. The van der Waals surface area contributed by atoms with E-state index >= 15 is 0 Å². The summed E-state index contributed by atoms with van der Waals surface area (Å²) in [5.74, 6) is -2.46. The van der Waals surface area contributed by atoms with Crippen LogP contribution in [0.4, 0.5) is 0 Å². The van der Waals surface area contributed by atoms with Gasteiger partial charge < -0.3 is 29.3 Å². The van der Waals surface area contributed by atoms with E-state index in [9.17, 15) is 19.5 Å². The van der Waals surface area contributed by atoms with E-state index in [1.807, 2.05) is 61.6 Å². The summed E-state index contributed by atoms with van der Waals surface area (Å²) in [5.41, 5.74) is -1.68. The number of hydrogen-bond donors (Lipinski definition) is 1. The van der Waals surface area contributed by atoms with Crippen molar-refractivity contribution >= 4 is 17.7 Å². The quantitative estimate of drug-likeness (QED) is 0.513. The van der Waals surface area contributed by atoms with Crippen LogP contribution in [0.3, 0.4) is 0 Å². The molecule has 0 aromatic heterocycles. The first-order chi connectivity index (χ1) is 19.3. The van der Waals surface area contributed by atoms with Crippen molar-refractivity contribution in [2.45, 2.75) is 30.2 Å². The normalized spacial score (nSPS) is 34.9. The molecule has 3 saturated heterocycles. The van der Waals surface area contributed by atoms with E-state index in [0.29, 0.717) is 39.4 Å². The molecule has 6 atom stereocenters. The third-order valence-electron chi connectivity index (χ3n) is 9.26. The Morgan fingerprint density at radius 3 is 2.40 bits per heavy atom. The van der Waals surface area contributed by atoms with Gasteiger partial charge in [0.05, 0.1) is 43.3 Å². The molecule has 5 aliphatic rings. The summed E-state index contributed by atoms with van der Waals surface area (Å²) in [5, 5.41) is 10.6. The van der Waals surface area contributed by atoms with E-state index < -0.39 is 35.1 Å². The van der Waals surface area contributed by atoms with Crippen LogP contribution >= 0.6 is 0 Å². The van der Waals surface area contributed by atoms with Gasteiger partial charge in [0.1, 0.15) is 11.6 Å². The van der Waals surface area contributed by atoms with E-state index in [4.69, 9.17) is 9.47 Å².